The van der Waals surface area contributed by atoms with Crippen LogP contribution in [0.3, 0.4) is 0 Å². The first-order valence-corrected chi connectivity index (χ1v) is 9.85. The Hall–Kier alpha value is -2.94. The fourth-order valence-electron chi connectivity index (χ4n) is 3.03. The van der Waals surface area contributed by atoms with Crippen LogP contribution in [0.4, 0.5) is 5.13 Å². The van der Waals surface area contributed by atoms with Gasteiger partial charge in [-0.2, -0.15) is 0 Å². The van der Waals surface area contributed by atoms with Crippen LogP contribution in [-0.2, 0) is 20.7 Å². The van der Waals surface area contributed by atoms with E-state index in [0.717, 1.165) is 11.0 Å². The largest absolute Gasteiger partial charge is 0.486 e. The van der Waals surface area contributed by atoms with E-state index in [1.165, 1.54) is 11.3 Å². The van der Waals surface area contributed by atoms with Crippen LogP contribution in [0.15, 0.2) is 34.9 Å². The highest BCUT2D eigenvalue weighted by Gasteiger charge is 2.37. The smallest absolute Gasteiger partial charge is 0.312 e. The molecule has 28 heavy (non-hydrogen) atoms. The van der Waals surface area contributed by atoms with E-state index in [1.807, 2.05) is 24.3 Å². The average Bonchev–Trinajstić information content (AvgIpc) is 3.27. The van der Waals surface area contributed by atoms with Gasteiger partial charge in [0.15, 0.2) is 11.3 Å². The Morgan fingerprint density at radius 3 is 2.96 bits per heavy atom. The monoisotopic (exact) mass is 401 g/mol. The first kappa shape index (κ1) is 18.4. The zero-order valence-corrected chi connectivity index (χ0v) is 16.0. The molecule has 1 aliphatic carbocycles. The molecule has 2 heterocycles. The van der Waals surface area contributed by atoms with Crippen LogP contribution < -0.4 is 10.1 Å². The van der Waals surface area contributed by atoms with Crippen molar-refractivity contribution in [2.75, 3.05) is 11.9 Å². The SMILES string of the molecule is CCOC(=O)Cc1nnc(NC(=O)C2CC(Oc3cccc4ccoc34)C2)s1. The highest BCUT2D eigenvalue weighted by molar-refractivity contribution is 7.15. The third-order valence-corrected chi connectivity index (χ3v) is 5.34. The van der Waals surface area contributed by atoms with E-state index in [0.29, 0.717) is 35.3 Å². The molecule has 3 aromatic rings. The molecule has 0 aliphatic heterocycles. The molecule has 0 unspecified atom stereocenters. The van der Waals surface area contributed by atoms with Crippen LogP contribution in [0.1, 0.15) is 24.8 Å². The first-order valence-electron chi connectivity index (χ1n) is 9.04. The molecule has 1 amide bonds. The van der Waals surface area contributed by atoms with E-state index in [2.05, 4.69) is 15.5 Å². The number of nitrogens with one attached hydrogen (secondary N) is 1. The fraction of sp³-hybridized carbons (Fsp3) is 0.368. The lowest BCUT2D eigenvalue weighted by molar-refractivity contribution is -0.142. The van der Waals surface area contributed by atoms with Crippen molar-refractivity contribution in [1.29, 1.82) is 0 Å². The summed E-state index contributed by atoms with van der Waals surface area (Å²) in [6, 6.07) is 7.63. The predicted molar refractivity (Wildman–Crippen MR) is 102 cm³/mol. The minimum absolute atomic E-state index is 0.0276. The van der Waals surface area contributed by atoms with Crippen molar-refractivity contribution in [2.24, 2.45) is 5.92 Å². The second-order valence-corrected chi connectivity index (χ2v) is 7.54. The van der Waals surface area contributed by atoms with Gasteiger partial charge >= 0.3 is 5.97 Å². The Kier molecular flexibility index (Phi) is 5.25. The van der Waals surface area contributed by atoms with Gasteiger partial charge in [-0.05, 0) is 31.9 Å². The van der Waals surface area contributed by atoms with E-state index in [9.17, 15) is 9.59 Å². The number of benzene rings is 1. The molecular formula is C19H19N3O5S. The molecule has 1 aliphatic rings. The zero-order valence-electron chi connectivity index (χ0n) is 15.2. The highest BCUT2D eigenvalue weighted by atomic mass is 32.1. The van der Waals surface area contributed by atoms with Crippen molar-refractivity contribution in [3.8, 4) is 5.75 Å². The summed E-state index contributed by atoms with van der Waals surface area (Å²) in [5, 5.41) is 12.5. The number of carbonyl (C=O) groups is 2. The number of hydrogen-bond donors (Lipinski definition) is 1. The van der Waals surface area contributed by atoms with Gasteiger partial charge in [-0.15, -0.1) is 10.2 Å². The van der Waals surface area contributed by atoms with Crippen LogP contribution in [0, 0.1) is 5.92 Å². The summed E-state index contributed by atoms with van der Waals surface area (Å²) in [6.07, 6.45) is 2.90. The number of fused-ring (bicyclic) bond motifs is 1. The van der Waals surface area contributed by atoms with Crippen molar-refractivity contribution in [3.05, 3.63) is 35.5 Å². The van der Waals surface area contributed by atoms with E-state index in [-0.39, 0.29) is 30.3 Å². The van der Waals surface area contributed by atoms with Crippen LogP contribution in [0.5, 0.6) is 5.75 Å². The Morgan fingerprint density at radius 1 is 1.29 bits per heavy atom. The number of aromatic nitrogens is 2. The maximum absolute atomic E-state index is 12.4. The second-order valence-electron chi connectivity index (χ2n) is 6.48. The molecule has 9 heteroatoms. The molecule has 1 saturated carbocycles. The molecule has 2 aromatic heterocycles. The van der Waals surface area contributed by atoms with E-state index >= 15 is 0 Å². The Balaban J connectivity index is 1.27. The number of esters is 1. The summed E-state index contributed by atoms with van der Waals surface area (Å²) < 4.78 is 16.3. The van der Waals surface area contributed by atoms with Crippen LogP contribution in [0.2, 0.25) is 0 Å². The number of nitrogens with zero attached hydrogens (tertiary/aromatic N) is 2. The topological polar surface area (TPSA) is 104 Å². The minimum atomic E-state index is -0.359. The number of anilines is 1. The van der Waals surface area contributed by atoms with Gasteiger partial charge in [-0.3, -0.25) is 9.59 Å². The van der Waals surface area contributed by atoms with Crippen LogP contribution in [-0.4, -0.2) is 34.8 Å². The molecule has 146 valence electrons. The maximum atomic E-state index is 12.4. The molecule has 0 radical (unpaired) electrons. The maximum Gasteiger partial charge on any atom is 0.312 e. The lowest BCUT2D eigenvalue weighted by Gasteiger charge is -2.33. The average molecular weight is 401 g/mol. The van der Waals surface area contributed by atoms with Gasteiger partial charge in [0.25, 0.3) is 0 Å². The van der Waals surface area contributed by atoms with Crippen molar-refractivity contribution in [3.63, 3.8) is 0 Å². The third-order valence-electron chi connectivity index (χ3n) is 4.50. The second kappa shape index (κ2) is 7.97. The normalized spacial score (nSPS) is 18.5. The number of furan rings is 1. The molecular weight excluding hydrogens is 382 g/mol. The Bertz CT molecular complexity index is 992. The van der Waals surface area contributed by atoms with Gasteiger partial charge < -0.3 is 19.2 Å². The number of carbonyl (C=O) groups excluding carboxylic acids is 2. The number of para-hydroxylation sites is 1. The minimum Gasteiger partial charge on any atom is -0.486 e. The highest BCUT2D eigenvalue weighted by Crippen LogP contribution is 2.35. The molecule has 1 fully saturated rings. The van der Waals surface area contributed by atoms with Crippen molar-refractivity contribution >= 4 is 39.3 Å². The number of rotatable bonds is 7. The summed E-state index contributed by atoms with van der Waals surface area (Å²) in [6.45, 7) is 2.06. The van der Waals surface area contributed by atoms with Crippen LogP contribution >= 0.6 is 11.3 Å². The van der Waals surface area contributed by atoms with E-state index in [4.69, 9.17) is 13.9 Å². The molecule has 4 rings (SSSR count). The summed E-state index contributed by atoms with van der Waals surface area (Å²) >= 11 is 1.17. The molecule has 1 N–H and O–H groups in total. The summed E-state index contributed by atoms with van der Waals surface area (Å²) in [4.78, 5) is 23.8. The number of ether oxygens (including phenoxy) is 2. The lowest BCUT2D eigenvalue weighted by atomic mass is 9.81. The Morgan fingerprint density at radius 2 is 2.14 bits per heavy atom. The summed E-state index contributed by atoms with van der Waals surface area (Å²) in [5.74, 6) is 0.0780. The molecule has 8 nitrogen and oxygen atoms in total. The number of amides is 1. The molecule has 0 spiro atoms. The lowest BCUT2D eigenvalue weighted by Crippen LogP contribution is -2.40. The van der Waals surface area contributed by atoms with Crippen molar-refractivity contribution in [1.82, 2.24) is 10.2 Å². The van der Waals surface area contributed by atoms with Gasteiger partial charge in [-0.25, -0.2) is 0 Å². The number of hydrogen-bond acceptors (Lipinski definition) is 8. The van der Waals surface area contributed by atoms with Gasteiger partial charge in [0.2, 0.25) is 11.0 Å². The third kappa shape index (κ3) is 3.99. The summed E-state index contributed by atoms with van der Waals surface area (Å²) in [5.41, 5.74) is 0.721. The van der Waals surface area contributed by atoms with Gasteiger partial charge in [0.05, 0.1) is 19.3 Å². The molecule has 1 aromatic carbocycles. The summed E-state index contributed by atoms with van der Waals surface area (Å²) in [7, 11) is 0. The Labute approximate surface area is 164 Å². The molecule has 0 atom stereocenters. The van der Waals surface area contributed by atoms with Crippen LogP contribution in [0.25, 0.3) is 11.0 Å². The fourth-order valence-corrected chi connectivity index (χ4v) is 3.76. The predicted octanol–water partition coefficient (Wildman–Crippen LogP) is 3.19. The van der Waals surface area contributed by atoms with Crippen molar-refractivity contribution in [2.45, 2.75) is 32.3 Å². The van der Waals surface area contributed by atoms with E-state index in [1.54, 1.807) is 13.2 Å². The van der Waals surface area contributed by atoms with E-state index < -0.39 is 0 Å². The zero-order chi connectivity index (χ0) is 19.5. The molecule has 0 bridgehead atoms. The first-order chi connectivity index (χ1) is 13.6. The van der Waals surface area contributed by atoms with Gasteiger partial charge in [0, 0.05) is 11.3 Å². The van der Waals surface area contributed by atoms with Crippen molar-refractivity contribution < 1.29 is 23.5 Å². The molecule has 0 saturated heterocycles. The standard InChI is InChI=1S/C19H19N3O5S/c1-2-25-16(23)10-15-21-22-19(28-15)20-18(24)12-8-13(9-12)27-14-5-3-4-11-6-7-26-17(11)14/h3-7,12-13H,2,8-10H2,1H3,(H,20,22,24). The quantitative estimate of drug-likeness (QED) is 0.606. The van der Waals surface area contributed by atoms with Gasteiger partial charge in [0.1, 0.15) is 11.1 Å². The van der Waals surface area contributed by atoms with Gasteiger partial charge in [-0.1, -0.05) is 23.5 Å².